The van der Waals surface area contributed by atoms with E-state index in [2.05, 4.69) is 34.1 Å². The molecule has 3 rings (SSSR count). The van der Waals surface area contributed by atoms with Crippen LogP contribution in [0.5, 0.6) is 0 Å². The van der Waals surface area contributed by atoms with Crippen LogP contribution in [0.15, 0.2) is 42.5 Å². The average Bonchev–Trinajstić information content (AvgIpc) is 2.48. The van der Waals surface area contributed by atoms with Gasteiger partial charge in [-0.15, -0.1) is 0 Å². The third kappa shape index (κ3) is 2.83. The van der Waals surface area contributed by atoms with E-state index < -0.39 is 0 Å². The average molecular weight is 268 g/mol. The number of aromatic nitrogens is 1. The predicted octanol–water partition coefficient (Wildman–Crippen LogP) is 3.02. The second-order valence-corrected chi connectivity index (χ2v) is 5.44. The third-order valence-electron chi connectivity index (χ3n) is 3.84. The maximum absolute atomic E-state index is 9.62. The molecule has 0 radical (unpaired) electrons. The molecule has 0 saturated carbocycles. The van der Waals surface area contributed by atoms with Gasteiger partial charge in [-0.1, -0.05) is 30.3 Å². The number of nitrogens with zero attached hydrogens (tertiary/aromatic N) is 2. The second kappa shape index (κ2) is 5.63. The van der Waals surface area contributed by atoms with Gasteiger partial charge in [0.15, 0.2) is 0 Å². The van der Waals surface area contributed by atoms with Crippen LogP contribution in [0.1, 0.15) is 18.5 Å². The molecule has 0 bridgehead atoms. The number of aliphatic hydroxyl groups excluding tert-OH is 1. The van der Waals surface area contributed by atoms with E-state index in [-0.39, 0.29) is 6.10 Å². The Kier molecular flexibility index (Phi) is 3.70. The van der Waals surface area contributed by atoms with Crippen LogP contribution >= 0.6 is 0 Å². The number of pyridine rings is 1. The van der Waals surface area contributed by atoms with Gasteiger partial charge in [-0.25, -0.2) is 0 Å². The van der Waals surface area contributed by atoms with Crippen LogP contribution in [0, 0.1) is 6.92 Å². The van der Waals surface area contributed by atoms with Crippen molar-refractivity contribution >= 4 is 5.69 Å². The number of hydrogen-bond acceptors (Lipinski definition) is 3. The van der Waals surface area contributed by atoms with E-state index in [4.69, 9.17) is 0 Å². The molecule has 104 valence electrons. The van der Waals surface area contributed by atoms with E-state index in [1.54, 1.807) is 0 Å². The van der Waals surface area contributed by atoms with Gasteiger partial charge >= 0.3 is 0 Å². The van der Waals surface area contributed by atoms with Gasteiger partial charge in [-0.3, -0.25) is 4.98 Å². The lowest BCUT2D eigenvalue weighted by Gasteiger charge is -2.31. The zero-order valence-corrected chi connectivity index (χ0v) is 11.8. The quantitative estimate of drug-likeness (QED) is 0.909. The number of aryl methyl sites for hydroxylation is 1. The molecule has 0 spiro atoms. The Hall–Kier alpha value is -1.87. The van der Waals surface area contributed by atoms with Crippen LogP contribution in [0.3, 0.4) is 0 Å². The van der Waals surface area contributed by atoms with Crippen LogP contribution < -0.4 is 4.90 Å². The van der Waals surface area contributed by atoms with Gasteiger partial charge in [0.2, 0.25) is 0 Å². The van der Waals surface area contributed by atoms with Crippen LogP contribution in [0.25, 0.3) is 11.3 Å². The normalized spacial score (nSPS) is 16.4. The van der Waals surface area contributed by atoms with Gasteiger partial charge in [-0.2, -0.15) is 0 Å². The third-order valence-corrected chi connectivity index (χ3v) is 3.84. The van der Waals surface area contributed by atoms with Gasteiger partial charge in [-0.05, 0) is 31.9 Å². The molecule has 0 atom stereocenters. The summed E-state index contributed by atoms with van der Waals surface area (Å²) in [5.74, 6) is 0. The molecule has 1 aromatic carbocycles. The van der Waals surface area contributed by atoms with Crippen molar-refractivity contribution < 1.29 is 5.11 Å². The highest BCUT2D eigenvalue weighted by Crippen LogP contribution is 2.26. The summed E-state index contributed by atoms with van der Waals surface area (Å²) in [5, 5.41) is 9.62. The number of hydrogen-bond donors (Lipinski definition) is 1. The Morgan fingerprint density at radius 1 is 1.10 bits per heavy atom. The Morgan fingerprint density at radius 3 is 2.50 bits per heavy atom. The molecule has 1 aliphatic heterocycles. The largest absolute Gasteiger partial charge is 0.393 e. The fourth-order valence-corrected chi connectivity index (χ4v) is 2.71. The highest BCUT2D eigenvalue weighted by atomic mass is 16.3. The van der Waals surface area contributed by atoms with E-state index in [1.807, 2.05) is 25.1 Å². The first-order valence-electron chi connectivity index (χ1n) is 7.19. The molecular weight excluding hydrogens is 248 g/mol. The second-order valence-electron chi connectivity index (χ2n) is 5.44. The minimum Gasteiger partial charge on any atom is -0.393 e. The number of aliphatic hydroxyl groups is 1. The van der Waals surface area contributed by atoms with Crippen LogP contribution in [0.4, 0.5) is 5.69 Å². The van der Waals surface area contributed by atoms with Gasteiger partial charge in [0, 0.05) is 30.0 Å². The number of piperidine rings is 1. The molecule has 0 amide bonds. The van der Waals surface area contributed by atoms with Crippen molar-refractivity contribution in [3.05, 3.63) is 48.2 Å². The topological polar surface area (TPSA) is 36.4 Å². The monoisotopic (exact) mass is 268 g/mol. The molecule has 1 N–H and O–H groups in total. The van der Waals surface area contributed by atoms with Crippen LogP contribution in [-0.2, 0) is 0 Å². The van der Waals surface area contributed by atoms with Crippen molar-refractivity contribution in [2.75, 3.05) is 18.0 Å². The lowest BCUT2D eigenvalue weighted by molar-refractivity contribution is 0.145. The molecule has 3 heteroatoms. The molecule has 1 saturated heterocycles. The fourth-order valence-electron chi connectivity index (χ4n) is 2.71. The molecule has 0 unspecified atom stereocenters. The SMILES string of the molecule is Cc1cc(N2CCC(O)CC2)cc(-c2ccccc2)n1. The molecule has 0 aliphatic carbocycles. The van der Waals surface area contributed by atoms with Crippen molar-refractivity contribution in [1.29, 1.82) is 0 Å². The molecule has 2 heterocycles. The number of anilines is 1. The summed E-state index contributed by atoms with van der Waals surface area (Å²) in [6.07, 6.45) is 1.56. The lowest BCUT2D eigenvalue weighted by atomic mass is 10.1. The van der Waals surface area contributed by atoms with E-state index in [0.717, 1.165) is 42.9 Å². The summed E-state index contributed by atoms with van der Waals surface area (Å²) in [5.41, 5.74) is 4.41. The summed E-state index contributed by atoms with van der Waals surface area (Å²) < 4.78 is 0. The Bertz CT molecular complexity index is 575. The first kappa shape index (κ1) is 13.1. The van der Waals surface area contributed by atoms with Crippen LogP contribution in [-0.4, -0.2) is 29.3 Å². The highest BCUT2D eigenvalue weighted by Gasteiger charge is 2.18. The Labute approximate surface area is 119 Å². The zero-order chi connectivity index (χ0) is 13.9. The summed E-state index contributed by atoms with van der Waals surface area (Å²) >= 11 is 0. The van der Waals surface area contributed by atoms with Crippen molar-refractivity contribution in [1.82, 2.24) is 4.98 Å². The van der Waals surface area contributed by atoms with E-state index in [9.17, 15) is 5.11 Å². The van der Waals surface area contributed by atoms with E-state index >= 15 is 0 Å². The number of benzene rings is 1. The smallest absolute Gasteiger partial charge is 0.0725 e. The lowest BCUT2D eigenvalue weighted by Crippen LogP contribution is -2.35. The Morgan fingerprint density at radius 2 is 1.80 bits per heavy atom. The maximum Gasteiger partial charge on any atom is 0.0725 e. The molecule has 3 nitrogen and oxygen atoms in total. The van der Waals surface area contributed by atoms with Crippen molar-refractivity contribution in [2.24, 2.45) is 0 Å². The van der Waals surface area contributed by atoms with Gasteiger partial charge in [0.25, 0.3) is 0 Å². The molecule has 1 aliphatic rings. The summed E-state index contributed by atoms with van der Waals surface area (Å²) in [6, 6.07) is 14.6. The summed E-state index contributed by atoms with van der Waals surface area (Å²) in [6.45, 7) is 3.87. The number of rotatable bonds is 2. The first-order chi connectivity index (χ1) is 9.72. The van der Waals surface area contributed by atoms with Crippen molar-refractivity contribution in [3.63, 3.8) is 0 Å². The van der Waals surface area contributed by atoms with Gasteiger partial charge < -0.3 is 10.0 Å². The van der Waals surface area contributed by atoms with Gasteiger partial charge in [0.05, 0.1) is 11.8 Å². The zero-order valence-electron chi connectivity index (χ0n) is 11.8. The Balaban J connectivity index is 1.91. The summed E-state index contributed by atoms with van der Waals surface area (Å²) in [7, 11) is 0. The molecular formula is C17H20N2O. The molecule has 1 aromatic heterocycles. The first-order valence-corrected chi connectivity index (χ1v) is 7.19. The van der Waals surface area contributed by atoms with Crippen LogP contribution in [0.2, 0.25) is 0 Å². The van der Waals surface area contributed by atoms with Gasteiger partial charge in [0.1, 0.15) is 0 Å². The minimum atomic E-state index is -0.136. The van der Waals surface area contributed by atoms with E-state index in [1.165, 1.54) is 5.69 Å². The molecule has 1 fully saturated rings. The highest BCUT2D eigenvalue weighted by molar-refractivity contribution is 5.65. The van der Waals surface area contributed by atoms with Crippen molar-refractivity contribution in [2.45, 2.75) is 25.9 Å². The summed E-state index contributed by atoms with van der Waals surface area (Å²) in [4.78, 5) is 6.98. The van der Waals surface area contributed by atoms with E-state index in [0.29, 0.717) is 0 Å². The standard InChI is InChI=1S/C17H20N2O/c1-13-11-15(19-9-7-16(20)8-10-19)12-17(18-13)14-5-3-2-4-6-14/h2-6,11-12,16,20H,7-10H2,1H3. The maximum atomic E-state index is 9.62. The predicted molar refractivity (Wildman–Crippen MR) is 81.9 cm³/mol. The van der Waals surface area contributed by atoms with Crippen molar-refractivity contribution in [3.8, 4) is 11.3 Å². The fraction of sp³-hybridized carbons (Fsp3) is 0.353. The molecule has 20 heavy (non-hydrogen) atoms. The molecule has 2 aromatic rings. The minimum absolute atomic E-state index is 0.136.